The minimum atomic E-state index is -5.80. The molecule has 0 aromatic heterocycles. The van der Waals surface area contributed by atoms with Gasteiger partial charge in [-0.3, -0.25) is 0 Å². The topological polar surface area (TPSA) is 78.9 Å². The van der Waals surface area contributed by atoms with E-state index in [9.17, 15) is 26.4 Å². The Hall–Kier alpha value is -2.75. The molecule has 0 radical (unpaired) electrons. The highest BCUT2D eigenvalue weighted by Crippen LogP contribution is 2.45. The van der Waals surface area contributed by atoms with Crippen LogP contribution in [0.15, 0.2) is 48.5 Å². The van der Waals surface area contributed by atoms with Crippen LogP contribution in [0, 0.1) is 0 Å². The fourth-order valence-electron chi connectivity index (χ4n) is 2.64. The summed E-state index contributed by atoms with van der Waals surface area (Å²) < 4.78 is 75.1. The summed E-state index contributed by atoms with van der Waals surface area (Å²) in [5, 5.41) is 0. The maximum absolute atomic E-state index is 12.5. The van der Waals surface area contributed by atoms with Gasteiger partial charge in [-0.25, -0.2) is 4.79 Å². The third kappa shape index (κ3) is 3.64. The summed E-state index contributed by atoms with van der Waals surface area (Å²) in [6.07, 6.45) is -1.07. The van der Waals surface area contributed by atoms with E-state index in [0.29, 0.717) is 11.1 Å². The quantitative estimate of drug-likeness (QED) is 0.429. The van der Waals surface area contributed by atoms with Gasteiger partial charge in [0.2, 0.25) is 0 Å². The number of halogens is 3. The van der Waals surface area contributed by atoms with Crippen LogP contribution in [0.5, 0.6) is 11.5 Å². The lowest BCUT2D eigenvalue weighted by Crippen LogP contribution is -2.36. The van der Waals surface area contributed by atoms with Crippen molar-refractivity contribution in [3.63, 3.8) is 0 Å². The van der Waals surface area contributed by atoms with E-state index in [1.54, 1.807) is 44.2 Å². The molecule has 0 saturated carbocycles. The molecule has 1 aliphatic heterocycles. The third-order valence-electron chi connectivity index (χ3n) is 4.18. The van der Waals surface area contributed by atoms with Crippen molar-refractivity contribution in [2.45, 2.75) is 31.1 Å². The monoisotopic (exact) mass is 416 g/mol. The third-order valence-corrected chi connectivity index (χ3v) is 5.16. The van der Waals surface area contributed by atoms with Crippen LogP contribution in [0.25, 0.3) is 0 Å². The SMILES string of the molecule is CC1(C)c2cc(OS(=O)(=O)C(F)(F)F)ccc2OC1OC(=O)c1ccccc1. The molecule has 1 heterocycles. The molecule has 28 heavy (non-hydrogen) atoms. The zero-order valence-electron chi connectivity index (χ0n) is 14.7. The molecule has 10 heteroatoms. The maximum atomic E-state index is 12.5. The fraction of sp³-hybridized carbons (Fsp3) is 0.278. The largest absolute Gasteiger partial charge is 0.534 e. The normalized spacial score (nSPS) is 18.1. The first kappa shape index (κ1) is 20.0. The van der Waals surface area contributed by atoms with Gasteiger partial charge in [-0.2, -0.15) is 21.6 Å². The summed E-state index contributed by atoms with van der Waals surface area (Å²) >= 11 is 0. The van der Waals surface area contributed by atoms with Crippen LogP contribution in [0.1, 0.15) is 29.8 Å². The van der Waals surface area contributed by atoms with Crippen LogP contribution in [-0.4, -0.2) is 26.2 Å². The minimum absolute atomic E-state index is 0.243. The zero-order chi connectivity index (χ0) is 20.7. The molecular weight excluding hydrogens is 401 g/mol. The summed E-state index contributed by atoms with van der Waals surface area (Å²) in [5.41, 5.74) is -5.88. The second-order valence-electron chi connectivity index (χ2n) is 6.58. The van der Waals surface area contributed by atoms with Crippen molar-refractivity contribution in [2.75, 3.05) is 0 Å². The Labute approximate surface area is 159 Å². The summed E-state index contributed by atoms with van der Waals surface area (Å²) in [6, 6.07) is 11.6. The number of fused-ring (bicyclic) bond motifs is 1. The van der Waals surface area contributed by atoms with E-state index in [0.717, 1.165) is 12.1 Å². The van der Waals surface area contributed by atoms with Gasteiger partial charge < -0.3 is 13.7 Å². The number of rotatable bonds is 4. The van der Waals surface area contributed by atoms with Gasteiger partial charge in [-0.1, -0.05) is 18.2 Å². The van der Waals surface area contributed by atoms with Crippen molar-refractivity contribution < 1.29 is 40.0 Å². The first-order valence-electron chi connectivity index (χ1n) is 8.00. The Balaban J connectivity index is 1.83. The second-order valence-corrected chi connectivity index (χ2v) is 8.12. The highest BCUT2D eigenvalue weighted by molar-refractivity contribution is 7.88. The lowest BCUT2D eigenvalue weighted by molar-refractivity contribution is -0.0684. The minimum Gasteiger partial charge on any atom is -0.453 e. The number of hydrogen-bond acceptors (Lipinski definition) is 6. The predicted octanol–water partition coefficient (Wildman–Crippen LogP) is 3.77. The van der Waals surface area contributed by atoms with Crippen molar-refractivity contribution in [2.24, 2.45) is 0 Å². The van der Waals surface area contributed by atoms with E-state index < -0.39 is 39.1 Å². The number of ether oxygens (including phenoxy) is 2. The number of carbonyl (C=O) groups excluding carboxylic acids is 1. The molecule has 150 valence electrons. The highest BCUT2D eigenvalue weighted by atomic mass is 32.2. The summed E-state index contributed by atoms with van der Waals surface area (Å²) in [4.78, 5) is 12.3. The number of hydrogen-bond donors (Lipinski definition) is 0. The summed E-state index contributed by atoms with van der Waals surface area (Å²) in [7, 11) is -5.80. The molecule has 1 aliphatic rings. The molecule has 1 unspecified atom stereocenters. The van der Waals surface area contributed by atoms with Gasteiger partial charge in [0.05, 0.1) is 11.0 Å². The van der Waals surface area contributed by atoms with E-state index in [2.05, 4.69) is 4.18 Å². The zero-order valence-corrected chi connectivity index (χ0v) is 15.5. The number of esters is 1. The van der Waals surface area contributed by atoms with E-state index in [1.807, 2.05) is 0 Å². The summed E-state index contributed by atoms with van der Waals surface area (Å²) in [6.45, 7) is 3.29. The van der Waals surface area contributed by atoms with E-state index in [-0.39, 0.29) is 5.75 Å². The average molecular weight is 416 g/mol. The van der Waals surface area contributed by atoms with Gasteiger partial charge in [-0.05, 0) is 44.2 Å². The molecule has 0 aliphatic carbocycles. The standard InChI is InChI=1S/C18H15F3O6S/c1-17(2)13-10-12(27-28(23,24)18(19,20)21)8-9-14(13)25-16(17)26-15(22)11-6-4-3-5-7-11/h3-10,16H,1-2H3. The predicted molar refractivity (Wildman–Crippen MR) is 91.3 cm³/mol. The van der Waals surface area contributed by atoms with Gasteiger partial charge in [0, 0.05) is 5.56 Å². The molecule has 0 spiro atoms. The molecule has 0 bridgehead atoms. The van der Waals surface area contributed by atoms with Gasteiger partial charge >= 0.3 is 21.6 Å². The van der Waals surface area contributed by atoms with Gasteiger partial charge in [0.15, 0.2) is 0 Å². The fourth-order valence-corrected chi connectivity index (χ4v) is 3.09. The molecule has 0 fully saturated rings. The van der Waals surface area contributed by atoms with Crippen molar-refractivity contribution >= 4 is 16.1 Å². The molecule has 1 atom stereocenters. The van der Waals surface area contributed by atoms with Crippen LogP contribution < -0.4 is 8.92 Å². The Morgan fingerprint density at radius 2 is 1.75 bits per heavy atom. The molecule has 6 nitrogen and oxygen atoms in total. The van der Waals surface area contributed by atoms with E-state index in [4.69, 9.17) is 9.47 Å². The van der Waals surface area contributed by atoms with Crippen LogP contribution in [0.4, 0.5) is 13.2 Å². The molecular formula is C18H15F3O6S. The Bertz CT molecular complexity index is 1000. The number of carbonyl (C=O) groups is 1. The Kier molecular flexibility index (Phi) is 4.78. The number of benzene rings is 2. The van der Waals surface area contributed by atoms with Gasteiger partial charge in [0.25, 0.3) is 6.29 Å². The van der Waals surface area contributed by atoms with E-state index in [1.165, 1.54) is 6.07 Å². The lowest BCUT2D eigenvalue weighted by atomic mass is 9.85. The molecule has 0 amide bonds. The van der Waals surface area contributed by atoms with E-state index >= 15 is 0 Å². The highest BCUT2D eigenvalue weighted by Gasteiger charge is 2.49. The Morgan fingerprint density at radius 1 is 1.11 bits per heavy atom. The van der Waals surface area contributed by atoms with Crippen LogP contribution in [-0.2, 0) is 20.3 Å². The summed E-state index contributed by atoms with van der Waals surface area (Å²) in [5.74, 6) is -0.919. The molecule has 2 aromatic carbocycles. The molecule has 2 aromatic rings. The first-order valence-corrected chi connectivity index (χ1v) is 9.40. The smallest absolute Gasteiger partial charge is 0.453 e. The molecule has 3 rings (SSSR count). The number of alkyl halides is 3. The molecule has 0 N–H and O–H groups in total. The van der Waals surface area contributed by atoms with Crippen LogP contribution in [0.3, 0.4) is 0 Å². The first-order chi connectivity index (χ1) is 12.9. The van der Waals surface area contributed by atoms with Crippen molar-refractivity contribution in [3.05, 3.63) is 59.7 Å². The van der Waals surface area contributed by atoms with Crippen LogP contribution in [0.2, 0.25) is 0 Å². The van der Waals surface area contributed by atoms with Crippen molar-refractivity contribution in [1.82, 2.24) is 0 Å². The molecule has 0 saturated heterocycles. The van der Waals surface area contributed by atoms with Gasteiger partial charge in [-0.15, -0.1) is 0 Å². The van der Waals surface area contributed by atoms with Crippen molar-refractivity contribution in [1.29, 1.82) is 0 Å². The van der Waals surface area contributed by atoms with Gasteiger partial charge in [0.1, 0.15) is 11.5 Å². The second kappa shape index (κ2) is 6.69. The lowest BCUT2D eigenvalue weighted by Gasteiger charge is -2.25. The average Bonchev–Trinajstić information content (AvgIpc) is 2.85. The Morgan fingerprint density at radius 3 is 2.36 bits per heavy atom. The van der Waals surface area contributed by atoms with Crippen LogP contribution >= 0.6 is 0 Å². The van der Waals surface area contributed by atoms with Crippen molar-refractivity contribution in [3.8, 4) is 11.5 Å². The maximum Gasteiger partial charge on any atom is 0.534 e.